The maximum absolute atomic E-state index is 13.6. The number of amides is 1. The number of carbonyl (C=O) groups excluding carboxylic acids is 1. The molecule has 8 nitrogen and oxygen atoms in total. The van der Waals surface area contributed by atoms with Crippen molar-refractivity contribution in [3.05, 3.63) is 105 Å². The number of hydrogen-bond donors (Lipinski definition) is 1. The molecule has 1 aromatic heterocycles. The molecule has 1 amide bonds. The number of rotatable bonds is 10. The van der Waals surface area contributed by atoms with Gasteiger partial charge in [-0.05, 0) is 93.6 Å². The Kier molecular flexibility index (Phi) is 9.65. The Balaban J connectivity index is 1.56. The normalized spacial score (nSPS) is 11.6. The Hall–Kier alpha value is -3.50. The van der Waals surface area contributed by atoms with E-state index < -0.39 is 22.5 Å². The van der Waals surface area contributed by atoms with Gasteiger partial charge in [-0.25, -0.2) is 13.8 Å². The molecular formula is C29H27Cl3N4O4S. The summed E-state index contributed by atoms with van der Waals surface area (Å²) in [5, 5.41) is 5.49. The second-order valence-corrected chi connectivity index (χ2v) is 12.1. The molecule has 4 aromatic rings. The van der Waals surface area contributed by atoms with E-state index in [1.807, 2.05) is 31.4 Å². The van der Waals surface area contributed by atoms with E-state index in [0.717, 1.165) is 26.9 Å². The zero-order valence-corrected chi connectivity index (χ0v) is 25.5. The number of nitrogens with zero attached hydrogens (tertiary/aromatic N) is 3. The number of carbonyl (C=O) groups is 1. The Morgan fingerprint density at radius 2 is 1.59 bits per heavy atom. The van der Waals surface area contributed by atoms with Crippen LogP contribution in [-0.4, -0.2) is 38.3 Å². The monoisotopic (exact) mass is 632 g/mol. The molecule has 0 saturated carbocycles. The highest BCUT2D eigenvalue weighted by molar-refractivity contribution is 7.92. The number of ether oxygens (including phenoxy) is 1. The number of anilines is 1. The fraction of sp³-hybridized carbons (Fsp3) is 0.172. The molecule has 0 saturated heterocycles. The third-order valence-electron chi connectivity index (χ3n) is 6.09. The molecule has 0 bridgehead atoms. The number of nitrogens with one attached hydrogen (secondary N) is 1. The van der Waals surface area contributed by atoms with Gasteiger partial charge in [0, 0.05) is 37.7 Å². The van der Waals surface area contributed by atoms with Gasteiger partial charge in [-0.15, -0.1) is 0 Å². The number of halogens is 3. The highest BCUT2D eigenvalue weighted by atomic mass is 35.5. The summed E-state index contributed by atoms with van der Waals surface area (Å²) >= 11 is 18.3. The van der Waals surface area contributed by atoms with Gasteiger partial charge in [-0.3, -0.25) is 9.10 Å². The molecule has 0 fully saturated rings. The van der Waals surface area contributed by atoms with Crippen molar-refractivity contribution in [2.75, 3.05) is 17.5 Å². The molecule has 1 heterocycles. The number of benzene rings is 3. The summed E-state index contributed by atoms with van der Waals surface area (Å²) in [7, 11) is -4.12. The van der Waals surface area contributed by atoms with Gasteiger partial charge in [0.05, 0.1) is 23.4 Å². The quantitative estimate of drug-likeness (QED) is 0.154. The number of aryl methyl sites for hydroxylation is 1. The zero-order chi connectivity index (χ0) is 29.7. The smallest absolute Gasteiger partial charge is 0.264 e. The van der Waals surface area contributed by atoms with Crippen molar-refractivity contribution in [1.82, 2.24) is 9.99 Å². The van der Waals surface area contributed by atoms with Gasteiger partial charge in [0.1, 0.15) is 12.3 Å². The molecule has 12 heteroatoms. The van der Waals surface area contributed by atoms with Gasteiger partial charge in [-0.2, -0.15) is 5.10 Å². The van der Waals surface area contributed by atoms with Crippen molar-refractivity contribution in [1.29, 1.82) is 0 Å². The molecule has 0 aliphatic rings. The second kappa shape index (κ2) is 13.0. The van der Waals surface area contributed by atoms with Crippen LogP contribution in [0.3, 0.4) is 0 Å². The second-order valence-electron chi connectivity index (χ2n) is 8.98. The summed E-state index contributed by atoms with van der Waals surface area (Å²) in [5.74, 6) is -0.0603. The lowest BCUT2D eigenvalue weighted by molar-refractivity contribution is -0.119. The number of hydrogen-bond acceptors (Lipinski definition) is 5. The van der Waals surface area contributed by atoms with Crippen molar-refractivity contribution in [3.8, 4) is 11.4 Å². The first kappa shape index (κ1) is 30.5. The van der Waals surface area contributed by atoms with E-state index in [-0.39, 0.29) is 10.6 Å². The summed E-state index contributed by atoms with van der Waals surface area (Å²) in [6.45, 7) is 5.62. The van der Waals surface area contributed by atoms with E-state index in [4.69, 9.17) is 39.5 Å². The molecule has 0 aliphatic carbocycles. The fourth-order valence-electron chi connectivity index (χ4n) is 4.25. The average Bonchev–Trinajstić information content (AvgIpc) is 3.20. The van der Waals surface area contributed by atoms with Gasteiger partial charge in [0.15, 0.2) is 0 Å². The van der Waals surface area contributed by atoms with Crippen molar-refractivity contribution in [2.45, 2.75) is 25.7 Å². The minimum absolute atomic E-state index is 0.0133. The van der Waals surface area contributed by atoms with Gasteiger partial charge in [-0.1, -0.05) is 34.8 Å². The van der Waals surface area contributed by atoms with Gasteiger partial charge in [0.2, 0.25) is 0 Å². The molecule has 0 spiro atoms. The zero-order valence-electron chi connectivity index (χ0n) is 22.4. The number of sulfonamides is 1. The van der Waals surface area contributed by atoms with Gasteiger partial charge >= 0.3 is 0 Å². The Morgan fingerprint density at radius 1 is 0.951 bits per heavy atom. The highest BCUT2D eigenvalue weighted by Gasteiger charge is 2.27. The van der Waals surface area contributed by atoms with Crippen LogP contribution in [0.4, 0.5) is 5.69 Å². The molecule has 0 atom stereocenters. The number of hydrazone groups is 1. The van der Waals surface area contributed by atoms with Crippen LogP contribution in [-0.2, 0) is 14.8 Å². The summed E-state index contributed by atoms with van der Waals surface area (Å²) < 4.78 is 35.6. The summed E-state index contributed by atoms with van der Waals surface area (Å²) in [6.07, 6.45) is 1.50. The van der Waals surface area contributed by atoms with Crippen LogP contribution in [0.15, 0.2) is 82.8 Å². The average molecular weight is 634 g/mol. The lowest BCUT2D eigenvalue weighted by Crippen LogP contribution is -2.39. The van der Waals surface area contributed by atoms with Crippen LogP contribution >= 0.6 is 34.8 Å². The van der Waals surface area contributed by atoms with E-state index in [1.54, 1.807) is 42.5 Å². The highest BCUT2D eigenvalue weighted by Crippen LogP contribution is 2.28. The van der Waals surface area contributed by atoms with Crippen LogP contribution in [0.5, 0.6) is 5.75 Å². The maximum Gasteiger partial charge on any atom is 0.264 e. The SMILES string of the molecule is CCOc1ccc(N(CC(=O)N/N=C/c2cc(C)n(-c3cc(Cl)cc(Cl)c3)c2C)S(=O)(=O)c2ccc(Cl)cc2)cc1. The van der Waals surface area contributed by atoms with Crippen molar-refractivity contribution in [3.63, 3.8) is 0 Å². The van der Waals surface area contributed by atoms with E-state index >= 15 is 0 Å². The standard InChI is InChI=1S/C29H27Cl3N4O4S/c1-4-40-27-9-7-25(8-10-27)35(41(38,39)28-11-5-22(30)6-12-28)18-29(37)34-33-17-21-13-19(2)36(20(21)3)26-15-23(31)14-24(32)16-26/h5-17H,4,18H2,1-3H3,(H,34,37)/b33-17+. The van der Waals surface area contributed by atoms with Crippen LogP contribution in [0.2, 0.25) is 15.1 Å². The Bertz CT molecular complexity index is 1670. The number of aromatic nitrogens is 1. The van der Waals surface area contributed by atoms with E-state index in [9.17, 15) is 13.2 Å². The predicted octanol–water partition coefficient (Wildman–Crippen LogP) is 6.80. The molecule has 3 aromatic carbocycles. The predicted molar refractivity (Wildman–Crippen MR) is 165 cm³/mol. The molecule has 4 rings (SSSR count). The molecule has 1 N–H and O–H groups in total. The minimum atomic E-state index is -4.12. The molecule has 0 aliphatic heterocycles. The first-order valence-corrected chi connectivity index (χ1v) is 15.1. The first-order chi connectivity index (χ1) is 19.5. The lowest BCUT2D eigenvalue weighted by atomic mass is 10.2. The maximum atomic E-state index is 13.6. The largest absolute Gasteiger partial charge is 0.494 e. The van der Waals surface area contributed by atoms with Crippen LogP contribution < -0.4 is 14.5 Å². The van der Waals surface area contributed by atoms with Crippen molar-refractivity contribution < 1.29 is 17.9 Å². The van der Waals surface area contributed by atoms with E-state index in [2.05, 4.69) is 10.5 Å². The van der Waals surface area contributed by atoms with Crippen LogP contribution in [0, 0.1) is 13.8 Å². The Morgan fingerprint density at radius 3 is 2.20 bits per heavy atom. The van der Waals surface area contributed by atoms with Crippen LogP contribution in [0.25, 0.3) is 5.69 Å². The molecule has 214 valence electrons. The topological polar surface area (TPSA) is 93.0 Å². The molecular weight excluding hydrogens is 607 g/mol. The van der Waals surface area contributed by atoms with Crippen molar-refractivity contribution >= 4 is 62.6 Å². The Labute approximate surface area is 254 Å². The van der Waals surface area contributed by atoms with Crippen molar-refractivity contribution in [2.24, 2.45) is 5.10 Å². The van der Waals surface area contributed by atoms with E-state index in [0.29, 0.717) is 27.4 Å². The summed E-state index contributed by atoms with van der Waals surface area (Å²) in [4.78, 5) is 12.9. The molecule has 41 heavy (non-hydrogen) atoms. The van der Waals surface area contributed by atoms with E-state index in [1.165, 1.54) is 30.5 Å². The van der Waals surface area contributed by atoms with Gasteiger partial charge in [0.25, 0.3) is 15.9 Å². The summed E-state index contributed by atoms with van der Waals surface area (Å²) in [5.41, 5.74) is 6.01. The third-order valence-corrected chi connectivity index (χ3v) is 8.57. The molecule has 0 radical (unpaired) electrons. The third kappa shape index (κ3) is 7.23. The first-order valence-electron chi connectivity index (χ1n) is 12.5. The summed E-state index contributed by atoms with van der Waals surface area (Å²) in [6, 6.07) is 19.3. The fourth-order valence-corrected chi connectivity index (χ4v) is 6.31. The van der Waals surface area contributed by atoms with Crippen LogP contribution in [0.1, 0.15) is 23.9 Å². The van der Waals surface area contributed by atoms with Gasteiger partial charge < -0.3 is 9.30 Å². The lowest BCUT2D eigenvalue weighted by Gasteiger charge is -2.24. The molecule has 0 unspecified atom stereocenters. The minimum Gasteiger partial charge on any atom is -0.494 e.